The van der Waals surface area contributed by atoms with Gasteiger partial charge in [-0.2, -0.15) is 0 Å². The molecule has 0 aliphatic carbocycles. The Morgan fingerprint density at radius 3 is 2.95 bits per heavy atom. The van der Waals surface area contributed by atoms with Crippen LogP contribution in [-0.4, -0.2) is 36.5 Å². The number of likely N-dealkylation sites (tertiary alicyclic amines) is 1. The van der Waals surface area contributed by atoms with E-state index in [1.54, 1.807) is 6.07 Å². The van der Waals surface area contributed by atoms with Crippen LogP contribution < -0.4 is 11.1 Å². The highest BCUT2D eigenvalue weighted by Gasteiger charge is 2.16. The summed E-state index contributed by atoms with van der Waals surface area (Å²) in [6.45, 7) is 5.45. The average molecular weight is 279 g/mol. The Bertz CT molecular complexity index is 478. The molecule has 0 spiro atoms. The second-order valence-electron chi connectivity index (χ2n) is 5.27. The first-order valence-electron chi connectivity index (χ1n) is 7.18. The number of hydrogen-bond donors (Lipinski definition) is 2. The molecule has 1 heterocycles. The zero-order chi connectivity index (χ0) is 14.5. The van der Waals surface area contributed by atoms with Crippen LogP contribution >= 0.6 is 0 Å². The Balaban J connectivity index is 2.02. The smallest absolute Gasteiger partial charge is 0.251 e. The summed E-state index contributed by atoms with van der Waals surface area (Å²) < 4.78 is 13.4. The molecule has 1 aromatic carbocycles. The lowest BCUT2D eigenvalue weighted by Crippen LogP contribution is -2.26. The Morgan fingerprint density at radius 2 is 2.25 bits per heavy atom. The highest BCUT2D eigenvalue weighted by atomic mass is 19.1. The zero-order valence-electron chi connectivity index (χ0n) is 11.9. The van der Waals surface area contributed by atoms with Gasteiger partial charge in [-0.1, -0.05) is 6.92 Å². The normalized spacial score (nSPS) is 20.4. The van der Waals surface area contributed by atoms with Crippen molar-refractivity contribution in [3.63, 3.8) is 0 Å². The summed E-state index contributed by atoms with van der Waals surface area (Å²) in [6, 6.07) is 4.81. The van der Waals surface area contributed by atoms with Crippen LogP contribution in [0.5, 0.6) is 0 Å². The largest absolute Gasteiger partial charge is 0.382 e. The lowest BCUT2D eigenvalue weighted by Gasteiger charge is -2.19. The van der Waals surface area contributed by atoms with Gasteiger partial charge in [0.15, 0.2) is 0 Å². The van der Waals surface area contributed by atoms with E-state index >= 15 is 0 Å². The van der Waals surface area contributed by atoms with Gasteiger partial charge in [-0.15, -0.1) is 0 Å². The molecule has 1 unspecified atom stereocenters. The van der Waals surface area contributed by atoms with Crippen molar-refractivity contribution in [3.05, 3.63) is 29.6 Å². The number of nitrogens with one attached hydrogen (secondary N) is 1. The molecule has 1 aliphatic rings. The zero-order valence-corrected chi connectivity index (χ0v) is 11.9. The molecule has 0 radical (unpaired) electrons. The van der Waals surface area contributed by atoms with Crippen molar-refractivity contribution >= 4 is 11.6 Å². The van der Waals surface area contributed by atoms with Gasteiger partial charge in [0.05, 0.1) is 5.56 Å². The average Bonchev–Trinajstić information content (AvgIpc) is 2.66. The molecule has 110 valence electrons. The lowest BCUT2D eigenvalue weighted by molar-refractivity contribution is 0.0996. The van der Waals surface area contributed by atoms with Crippen LogP contribution in [0.25, 0.3) is 0 Å². The first-order valence-corrected chi connectivity index (χ1v) is 7.18. The molecule has 0 saturated carbocycles. The number of hydrogen-bond acceptors (Lipinski definition) is 3. The topological polar surface area (TPSA) is 58.4 Å². The molecule has 1 aromatic rings. The van der Waals surface area contributed by atoms with Gasteiger partial charge in [0, 0.05) is 18.3 Å². The number of nitrogens with two attached hydrogens (primary N) is 1. The van der Waals surface area contributed by atoms with Crippen molar-refractivity contribution in [2.45, 2.75) is 32.2 Å². The van der Waals surface area contributed by atoms with E-state index < -0.39 is 11.7 Å². The predicted octanol–water partition coefficient (Wildman–Crippen LogP) is 2.21. The standard InChI is InChI=1S/C15H22FN3O/c1-2-19-8-3-4-11(7-9-19)18-12-5-6-14(16)13(10-12)15(17)20/h5-6,10-11,18H,2-4,7-9H2,1H3,(H2,17,20). The van der Waals surface area contributed by atoms with E-state index in [0.29, 0.717) is 6.04 Å². The molecule has 2 rings (SSSR count). The Hall–Kier alpha value is -1.62. The van der Waals surface area contributed by atoms with Gasteiger partial charge in [-0.25, -0.2) is 4.39 Å². The quantitative estimate of drug-likeness (QED) is 0.888. The molecule has 1 atom stereocenters. The van der Waals surface area contributed by atoms with Crippen LogP contribution in [0.1, 0.15) is 36.5 Å². The molecule has 4 nitrogen and oxygen atoms in total. The fourth-order valence-electron chi connectivity index (χ4n) is 2.66. The fourth-order valence-corrected chi connectivity index (χ4v) is 2.66. The summed E-state index contributed by atoms with van der Waals surface area (Å²) >= 11 is 0. The van der Waals surface area contributed by atoms with Gasteiger partial charge < -0.3 is 16.0 Å². The van der Waals surface area contributed by atoms with Crippen molar-refractivity contribution in [2.75, 3.05) is 25.0 Å². The molecule has 3 N–H and O–H groups in total. The number of halogens is 1. The van der Waals surface area contributed by atoms with Gasteiger partial charge in [0.2, 0.25) is 0 Å². The van der Waals surface area contributed by atoms with Crippen molar-refractivity contribution in [2.24, 2.45) is 5.73 Å². The van der Waals surface area contributed by atoms with E-state index in [1.807, 2.05) is 0 Å². The number of carbonyl (C=O) groups excluding carboxylic acids is 1. The highest BCUT2D eigenvalue weighted by molar-refractivity contribution is 5.94. The van der Waals surface area contributed by atoms with Crippen molar-refractivity contribution in [3.8, 4) is 0 Å². The first kappa shape index (κ1) is 14.8. The van der Waals surface area contributed by atoms with E-state index in [4.69, 9.17) is 5.73 Å². The van der Waals surface area contributed by atoms with Crippen LogP contribution in [0.15, 0.2) is 18.2 Å². The summed E-state index contributed by atoms with van der Waals surface area (Å²) in [5.74, 6) is -1.30. The molecule has 0 aromatic heterocycles. The van der Waals surface area contributed by atoms with Gasteiger partial charge >= 0.3 is 0 Å². The number of amides is 1. The number of nitrogens with zero attached hydrogens (tertiary/aromatic N) is 1. The fraction of sp³-hybridized carbons (Fsp3) is 0.533. The Kier molecular flexibility index (Phi) is 4.95. The van der Waals surface area contributed by atoms with Crippen LogP contribution in [0.3, 0.4) is 0 Å². The summed E-state index contributed by atoms with van der Waals surface area (Å²) in [4.78, 5) is 13.6. The van der Waals surface area contributed by atoms with E-state index in [-0.39, 0.29) is 5.56 Å². The van der Waals surface area contributed by atoms with Crippen LogP contribution in [-0.2, 0) is 0 Å². The molecular formula is C15H22FN3O. The van der Waals surface area contributed by atoms with Gasteiger partial charge in [0.25, 0.3) is 5.91 Å². The summed E-state index contributed by atoms with van der Waals surface area (Å²) in [5.41, 5.74) is 5.87. The van der Waals surface area contributed by atoms with Crippen molar-refractivity contribution in [1.82, 2.24) is 4.90 Å². The maximum atomic E-state index is 13.4. The third-order valence-corrected chi connectivity index (χ3v) is 3.87. The van der Waals surface area contributed by atoms with E-state index in [0.717, 1.165) is 44.6 Å². The van der Waals surface area contributed by atoms with E-state index in [1.165, 1.54) is 12.1 Å². The molecule has 1 saturated heterocycles. The van der Waals surface area contributed by atoms with E-state index in [9.17, 15) is 9.18 Å². The van der Waals surface area contributed by atoms with Crippen LogP contribution in [0.2, 0.25) is 0 Å². The molecule has 20 heavy (non-hydrogen) atoms. The SMILES string of the molecule is CCN1CCCC(Nc2ccc(F)c(C(N)=O)c2)CC1. The predicted molar refractivity (Wildman–Crippen MR) is 78.3 cm³/mol. The van der Waals surface area contributed by atoms with Crippen LogP contribution in [0.4, 0.5) is 10.1 Å². The Labute approximate surface area is 119 Å². The number of benzene rings is 1. The van der Waals surface area contributed by atoms with Gasteiger partial charge in [0.1, 0.15) is 5.82 Å². The van der Waals surface area contributed by atoms with Crippen molar-refractivity contribution < 1.29 is 9.18 Å². The minimum atomic E-state index is -0.732. The maximum Gasteiger partial charge on any atom is 0.251 e. The monoisotopic (exact) mass is 279 g/mol. The molecule has 0 bridgehead atoms. The van der Waals surface area contributed by atoms with Gasteiger partial charge in [-0.05, 0) is 50.6 Å². The minimum Gasteiger partial charge on any atom is -0.382 e. The number of primary amides is 1. The molecule has 1 amide bonds. The molecule has 1 aliphatic heterocycles. The molecule has 5 heteroatoms. The minimum absolute atomic E-state index is 0.0567. The molecule has 1 fully saturated rings. The van der Waals surface area contributed by atoms with E-state index in [2.05, 4.69) is 17.1 Å². The first-order chi connectivity index (χ1) is 9.60. The van der Waals surface area contributed by atoms with Crippen molar-refractivity contribution in [1.29, 1.82) is 0 Å². The third-order valence-electron chi connectivity index (χ3n) is 3.87. The summed E-state index contributed by atoms with van der Waals surface area (Å²) in [7, 11) is 0. The van der Waals surface area contributed by atoms with Gasteiger partial charge in [-0.3, -0.25) is 4.79 Å². The second kappa shape index (κ2) is 6.70. The lowest BCUT2D eigenvalue weighted by atomic mass is 10.1. The second-order valence-corrected chi connectivity index (χ2v) is 5.27. The Morgan fingerprint density at radius 1 is 1.45 bits per heavy atom. The maximum absolute atomic E-state index is 13.4. The van der Waals surface area contributed by atoms with Crippen LogP contribution in [0, 0.1) is 5.82 Å². The summed E-state index contributed by atoms with van der Waals surface area (Å²) in [5, 5.41) is 3.39. The number of anilines is 1. The highest BCUT2D eigenvalue weighted by Crippen LogP contribution is 2.19. The number of rotatable bonds is 4. The summed E-state index contributed by atoms with van der Waals surface area (Å²) in [6.07, 6.45) is 3.28. The molecular weight excluding hydrogens is 257 g/mol. The number of carbonyl (C=O) groups is 1. The third kappa shape index (κ3) is 3.70.